The van der Waals surface area contributed by atoms with Crippen LogP contribution in [0.1, 0.15) is 12.5 Å². The number of nitrogens with zero attached hydrogens (tertiary/aromatic N) is 4. The highest BCUT2D eigenvalue weighted by Crippen LogP contribution is 2.35. The fraction of sp³-hybridized carbons (Fsp3) is 0.167. The Morgan fingerprint density at radius 3 is 2.60 bits per heavy atom. The summed E-state index contributed by atoms with van der Waals surface area (Å²) in [5.41, 5.74) is 0.802. The molecule has 2 aromatic carbocycles. The fourth-order valence-corrected chi connectivity index (χ4v) is 2.62. The van der Waals surface area contributed by atoms with Crippen LogP contribution >= 0.6 is 0 Å². The third kappa shape index (κ3) is 2.83. The van der Waals surface area contributed by atoms with Crippen LogP contribution in [0.5, 0.6) is 5.75 Å². The molecule has 0 radical (unpaired) electrons. The van der Waals surface area contributed by atoms with Crippen LogP contribution in [0, 0.1) is 23.0 Å². The van der Waals surface area contributed by atoms with E-state index in [9.17, 15) is 8.78 Å². The van der Waals surface area contributed by atoms with Crippen LogP contribution in [0.2, 0.25) is 0 Å². The summed E-state index contributed by atoms with van der Waals surface area (Å²) in [5, 5.41) is 9.00. The Labute approximate surface area is 143 Å². The third-order valence-electron chi connectivity index (χ3n) is 3.79. The van der Waals surface area contributed by atoms with Crippen molar-refractivity contribution in [3.05, 3.63) is 53.7 Å². The lowest BCUT2D eigenvalue weighted by Gasteiger charge is -2.23. The predicted octanol–water partition coefficient (Wildman–Crippen LogP) is 3.95. The number of methoxy groups -OCH3 is 1. The monoisotopic (exact) mass is 340 g/mol. The first-order chi connectivity index (χ1) is 12.1. The topological polar surface area (TPSA) is 62.0 Å². The molecule has 0 bridgehead atoms. The van der Waals surface area contributed by atoms with Gasteiger partial charge in [-0.1, -0.05) is 12.1 Å². The first-order valence-electron chi connectivity index (χ1n) is 7.56. The average Bonchev–Trinajstić information content (AvgIpc) is 2.64. The quantitative estimate of drug-likeness (QED) is 0.720. The van der Waals surface area contributed by atoms with E-state index in [1.54, 1.807) is 19.1 Å². The molecule has 0 atom stereocenters. The van der Waals surface area contributed by atoms with Crippen molar-refractivity contribution in [2.45, 2.75) is 6.92 Å². The molecule has 5 nitrogen and oxygen atoms in total. The van der Waals surface area contributed by atoms with Gasteiger partial charge in [0.2, 0.25) is 0 Å². The minimum absolute atomic E-state index is 0.0690. The number of ether oxygens (including phenoxy) is 1. The van der Waals surface area contributed by atoms with E-state index in [0.29, 0.717) is 23.4 Å². The molecule has 0 fully saturated rings. The minimum Gasteiger partial charge on any atom is -0.492 e. The van der Waals surface area contributed by atoms with E-state index >= 15 is 0 Å². The summed E-state index contributed by atoms with van der Waals surface area (Å²) in [6.07, 6.45) is 1.49. The number of nitriles is 1. The second-order valence-electron chi connectivity index (χ2n) is 5.17. The summed E-state index contributed by atoms with van der Waals surface area (Å²) in [7, 11) is 1.19. The van der Waals surface area contributed by atoms with Crippen LogP contribution in [0.25, 0.3) is 11.0 Å². The summed E-state index contributed by atoms with van der Waals surface area (Å²) in [6, 6.07) is 9.85. The smallest absolute Gasteiger partial charge is 0.190 e. The van der Waals surface area contributed by atoms with Gasteiger partial charge >= 0.3 is 0 Å². The van der Waals surface area contributed by atoms with Crippen molar-refractivity contribution in [3.8, 4) is 11.8 Å². The standard InChI is InChI=1S/C18H14F2N4O/c1-3-24(16-10-22-13-6-4-5-7-14(13)23-16)15-8-12(19)11(9-21)18(25-2)17(15)20/h4-8,10H,3H2,1-2H3. The Bertz CT molecular complexity index is 985. The van der Waals surface area contributed by atoms with Gasteiger partial charge in [-0.05, 0) is 19.1 Å². The number of halogens is 2. The molecule has 0 saturated heterocycles. The Kier molecular flexibility index (Phi) is 4.44. The Morgan fingerprint density at radius 1 is 1.24 bits per heavy atom. The van der Waals surface area contributed by atoms with Gasteiger partial charge in [-0.25, -0.2) is 13.8 Å². The number of fused-ring (bicyclic) bond motifs is 1. The summed E-state index contributed by atoms with van der Waals surface area (Å²) in [5.74, 6) is -1.74. The second-order valence-corrected chi connectivity index (χ2v) is 5.17. The van der Waals surface area contributed by atoms with Crippen LogP contribution in [0.15, 0.2) is 36.5 Å². The molecule has 3 aromatic rings. The van der Waals surface area contributed by atoms with Crippen LogP contribution < -0.4 is 9.64 Å². The largest absolute Gasteiger partial charge is 0.492 e. The lowest BCUT2D eigenvalue weighted by molar-refractivity contribution is 0.381. The van der Waals surface area contributed by atoms with E-state index in [1.165, 1.54) is 18.2 Å². The molecular formula is C18H14F2N4O. The molecule has 25 heavy (non-hydrogen) atoms. The highest BCUT2D eigenvalue weighted by atomic mass is 19.1. The fourth-order valence-electron chi connectivity index (χ4n) is 2.62. The second kappa shape index (κ2) is 6.69. The summed E-state index contributed by atoms with van der Waals surface area (Å²) >= 11 is 0. The number of benzene rings is 2. The van der Waals surface area contributed by atoms with Crippen LogP contribution in [0.4, 0.5) is 20.3 Å². The van der Waals surface area contributed by atoms with Gasteiger partial charge < -0.3 is 9.64 Å². The Morgan fingerprint density at radius 2 is 1.96 bits per heavy atom. The Balaban J connectivity index is 2.18. The van der Waals surface area contributed by atoms with Gasteiger partial charge in [0.1, 0.15) is 17.4 Å². The molecule has 3 rings (SSSR count). The zero-order chi connectivity index (χ0) is 18.0. The van der Waals surface area contributed by atoms with Crippen molar-refractivity contribution in [2.75, 3.05) is 18.6 Å². The Hall–Kier alpha value is -3.27. The van der Waals surface area contributed by atoms with Gasteiger partial charge in [0, 0.05) is 12.6 Å². The SMILES string of the molecule is CCN(c1cnc2ccccc2n1)c1cc(F)c(C#N)c(OC)c1F. The molecule has 7 heteroatoms. The van der Waals surface area contributed by atoms with Crippen molar-refractivity contribution in [3.63, 3.8) is 0 Å². The number of hydrogen-bond acceptors (Lipinski definition) is 5. The highest BCUT2D eigenvalue weighted by Gasteiger charge is 2.24. The zero-order valence-electron chi connectivity index (χ0n) is 13.6. The van der Waals surface area contributed by atoms with E-state index in [4.69, 9.17) is 10.00 Å². The molecule has 1 aromatic heterocycles. The maximum atomic E-state index is 14.8. The normalized spacial score (nSPS) is 10.5. The van der Waals surface area contributed by atoms with Crippen LogP contribution in [0.3, 0.4) is 0 Å². The molecular weight excluding hydrogens is 326 g/mol. The number of aromatic nitrogens is 2. The van der Waals surface area contributed by atoms with E-state index < -0.39 is 22.9 Å². The molecule has 0 aliphatic heterocycles. The van der Waals surface area contributed by atoms with Gasteiger partial charge in [-0.3, -0.25) is 4.98 Å². The first-order valence-corrected chi connectivity index (χ1v) is 7.56. The molecule has 0 saturated carbocycles. The maximum absolute atomic E-state index is 14.8. The molecule has 0 N–H and O–H groups in total. The lowest BCUT2D eigenvalue weighted by Crippen LogP contribution is -2.20. The molecule has 0 amide bonds. The van der Waals surface area contributed by atoms with E-state index in [1.807, 2.05) is 18.2 Å². The summed E-state index contributed by atoms with van der Waals surface area (Å²) in [4.78, 5) is 10.2. The van der Waals surface area contributed by atoms with Crippen molar-refractivity contribution in [1.82, 2.24) is 9.97 Å². The van der Waals surface area contributed by atoms with Gasteiger partial charge in [0.15, 0.2) is 17.4 Å². The lowest BCUT2D eigenvalue weighted by atomic mass is 10.1. The number of hydrogen-bond donors (Lipinski definition) is 0. The number of para-hydroxylation sites is 2. The van der Waals surface area contributed by atoms with Gasteiger partial charge in [-0.2, -0.15) is 5.26 Å². The molecule has 0 aliphatic rings. The van der Waals surface area contributed by atoms with E-state index in [0.717, 1.165) is 6.07 Å². The van der Waals surface area contributed by atoms with Crippen LogP contribution in [-0.2, 0) is 0 Å². The van der Waals surface area contributed by atoms with Crippen molar-refractivity contribution >= 4 is 22.5 Å². The molecule has 126 valence electrons. The van der Waals surface area contributed by atoms with Crippen molar-refractivity contribution < 1.29 is 13.5 Å². The summed E-state index contributed by atoms with van der Waals surface area (Å²) in [6.45, 7) is 2.09. The molecule has 0 unspecified atom stereocenters. The van der Waals surface area contributed by atoms with Crippen LogP contribution in [-0.4, -0.2) is 23.6 Å². The average molecular weight is 340 g/mol. The van der Waals surface area contributed by atoms with Crippen molar-refractivity contribution in [1.29, 1.82) is 5.26 Å². The highest BCUT2D eigenvalue weighted by molar-refractivity contribution is 5.77. The number of anilines is 2. The maximum Gasteiger partial charge on any atom is 0.190 e. The summed E-state index contributed by atoms with van der Waals surface area (Å²) < 4.78 is 33.9. The van der Waals surface area contributed by atoms with Crippen molar-refractivity contribution in [2.24, 2.45) is 0 Å². The van der Waals surface area contributed by atoms with Gasteiger partial charge in [0.25, 0.3) is 0 Å². The molecule has 1 heterocycles. The van der Waals surface area contributed by atoms with E-state index in [-0.39, 0.29) is 5.69 Å². The molecule has 0 spiro atoms. The zero-order valence-corrected chi connectivity index (χ0v) is 13.6. The minimum atomic E-state index is -0.858. The van der Waals surface area contributed by atoms with E-state index in [2.05, 4.69) is 9.97 Å². The molecule has 0 aliphatic carbocycles. The number of rotatable bonds is 4. The van der Waals surface area contributed by atoms with Gasteiger partial charge in [0.05, 0.1) is 30.0 Å². The third-order valence-corrected chi connectivity index (χ3v) is 3.79. The first kappa shape index (κ1) is 16.6. The predicted molar refractivity (Wildman–Crippen MR) is 89.8 cm³/mol. The van der Waals surface area contributed by atoms with Gasteiger partial charge in [-0.15, -0.1) is 0 Å².